The fourth-order valence-corrected chi connectivity index (χ4v) is 2.35. The molecule has 0 aromatic heterocycles. The second-order valence-electron chi connectivity index (χ2n) is 5.37. The van der Waals surface area contributed by atoms with Crippen LogP contribution in [-0.4, -0.2) is 17.7 Å². The molecule has 0 saturated carbocycles. The predicted octanol–water partition coefficient (Wildman–Crippen LogP) is 3.25. The Labute approximate surface area is 121 Å². The Balaban J connectivity index is 1.84. The smallest absolute Gasteiger partial charge is 0.0914 e. The molecule has 0 spiro atoms. The summed E-state index contributed by atoms with van der Waals surface area (Å²) in [6.45, 7) is 4.88. The van der Waals surface area contributed by atoms with Crippen LogP contribution in [-0.2, 0) is 6.42 Å². The highest BCUT2D eigenvalue weighted by Crippen LogP contribution is 2.12. The number of aliphatic hydroxyl groups excluding tert-OH is 1. The van der Waals surface area contributed by atoms with Gasteiger partial charge in [0.1, 0.15) is 0 Å². The number of aliphatic hydroxyl groups is 1. The van der Waals surface area contributed by atoms with E-state index in [9.17, 15) is 5.11 Å². The van der Waals surface area contributed by atoms with Gasteiger partial charge in [-0.25, -0.2) is 0 Å². The fourth-order valence-electron chi connectivity index (χ4n) is 2.35. The molecule has 0 heterocycles. The van der Waals surface area contributed by atoms with Gasteiger partial charge in [-0.3, -0.25) is 0 Å². The van der Waals surface area contributed by atoms with Crippen molar-refractivity contribution < 1.29 is 5.11 Å². The van der Waals surface area contributed by atoms with Crippen molar-refractivity contribution in [2.24, 2.45) is 0 Å². The molecule has 2 N–H and O–H groups in total. The van der Waals surface area contributed by atoms with Crippen molar-refractivity contribution in [3.05, 3.63) is 71.3 Å². The van der Waals surface area contributed by atoms with Crippen LogP contribution in [0.4, 0.5) is 0 Å². The van der Waals surface area contributed by atoms with E-state index < -0.39 is 6.10 Å². The summed E-state index contributed by atoms with van der Waals surface area (Å²) in [6, 6.07) is 18.6. The lowest BCUT2D eigenvalue weighted by Gasteiger charge is -2.18. The monoisotopic (exact) mass is 269 g/mol. The molecule has 2 heteroatoms. The van der Waals surface area contributed by atoms with E-state index in [0.29, 0.717) is 12.6 Å². The van der Waals surface area contributed by atoms with Crippen molar-refractivity contribution >= 4 is 0 Å². The summed E-state index contributed by atoms with van der Waals surface area (Å²) in [5.41, 5.74) is 3.65. The van der Waals surface area contributed by atoms with Gasteiger partial charge in [0.05, 0.1) is 6.10 Å². The molecule has 0 radical (unpaired) electrons. The van der Waals surface area contributed by atoms with Gasteiger partial charge in [-0.1, -0.05) is 54.6 Å². The fraction of sp³-hybridized carbons (Fsp3) is 0.333. The van der Waals surface area contributed by atoms with Crippen LogP contribution >= 0.6 is 0 Å². The molecule has 0 aliphatic rings. The normalized spacial score (nSPS) is 13.9. The molecule has 0 bridgehead atoms. The van der Waals surface area contributed by atoms with Gasteiger partial charge in [0.2, 0.25) is 0 Å². The largest absolute Gasteiger partial charge is 0.387 e. The number of hydrogen-bond donors (Lipinski definition) is 2. The minimum Gasteiger partial charge on any atom is -0.387 e. The van der Waals surface area contributed by atoms with Crippen molar-refractivity contribution in [2.75, 3.05) is 6.54 Å². The molecule has 0 fully saturated rings. The Morgan fingerprint density at radius 1 is 1.00 bits per heavy atom. The van der Waals surface area contributed by atoms with Crippen LogP contribution in [0.3, 0.4) is 0 Å². The quantitative estimate of drug-likeness (QED) is 0.843. The average Bonchev–Trinajstić information content (AvgIpc) is 2.48. The molecule has 2 aromatic rings. The molecule has 0 aliphatic carbocycles. The van der Waals surface area contributed by atoms with Gasteiger partial charge in [-0.05, 0) is 37.0 Å². The molecule has 2 aromatic carbocycles. The van der Waals surface area contributed by atoms with E-state index in [1.165, 1.54) is 11.1 Å². The summed E-state index contributed by atoms with van der Waals surface area (Å²) in [5.74, 6) is 0. The molecule has 0 aliphatic heterocycles. The van der Waals surface area contributed by atoms with Gasteiger partial charge in [-0.15, -0.1) is 0 Å². The van der Waals surface area contributed by atoms with E-state index in [2.05, 4.69) is 43.4 Å². The first-order chi connectivity index (χ1) is 9.66. The maximum atomic E-state index is 10.1. The highest BCUT2D eigenvalue weighted by atomic mass is 16.3. The number of nitrogens with one attached hydrogen (secondary N) is 1. The van der Waals surface area contributed by atoms with Gasteiger partial charge in [0.25, 0.3) is 0 Å². The van der Waals surface area contributed by atoms with Crippen LogP contribution in [0.1, 0.15) is 29.7 Å². The lowest BCUT2D eigenvalue weighted by atomic mass is 10.0. The van der Waals surface area contributed by atoms with Gasteiger partial charge in [0.15, 0.2) is 0 Å². The Morgan fingerprint density at radius 3 is 2.35 bits per heavy atom. The summed E-state index contributed by atoms with van der Waals surface area (Å²) in [7, 11) is 0. The first kappa shape index (κ1) is 14.8. The maximum absolute atomic E-state index is 10.1. The molecule has 2 atom stereocenters. The van der Waals surface area contributed by atoms with Crippen LogP contribution in [0, 0.1) is 6.92 Å². The Bertz CT molecular complexity index is 524. The van der Waals surface area contributed by atoms with E-state index in [1.54, 1.807) is 0 Å². The Morgan fingerprint density at radius 2 is 1.65 bits per heavy atom. The summed E-state index contributed by atoms with van der Waals surface area (Å²) in [5, 5.41) is 13.5. The zero-order chi connectivity index (χ0) is 14.4. The Hall–Kier alpha value is -1.64. The minimum absolute atomic E-state index is 0.342. The topological polar surface area (TPSA) is 32.3 Å². The highest BCUT2D eigenvalue weighted by Gasteiger charge is 2.10. The SMILES string of the molecule is Cc1ccccc1CC(C)NC[C@H](O)c1ccccc1. The third-order valence-electron chi connectivity index (χ3n) is 3.63. The molecule has 20 heavy (non-hydrogen) atoms. The van der Waals surface area contributed by atoms with Crippen molar-refractivity contribution in [3.63, 3.8) is 0 Å². The van der Waals surface area contributed by atoms with Crippen molar-refractivity contribution in [1.82, 2.24) is 5.32 Å². The summed E-state index contributed by atoms with van der Waals surface area (Å²) in [6.07, 6.45) is 0.532. The molecule has 106 valence electrons. The maximum Gasteiger partial charge on any atom is 0.0914 e. The van der Waals surface area contributed by atoms with Crippen LogP contribution in [0.25, 0.3) is 0 Å². The summed E-state index contributed by atoms with van der Waals surface area (Å²) < 4.78 is 0. The second kappa shape index (κ2) is 7.22. The van der Waals surface area contributed by atoms with E-state index in [-0.39, 0.29) is 0 Å². The molecule has 0 amide bonds. The van der Waals surface area contributed by atoms with Gasteiger partial charge in [-0.2, -0.15) is 0 Å². The molecule has 2 nitrogen and oxygen atoms in total. The van der Waals surface area contributed by atoms with Crippen LogP contribution in [0.15, 0.2) is 54.6 Å². The van der Waals surface area contributed by atoms with Gasteiger partial charge >= 0.3 is 0 Å². The predicted molar refractivity (Wildman–Crippen MR) is 83.7 cm³/mol. The standard InChI is InChI=1S/C18H23NO/c1-14-8-6-7-11-17(14)12-15(2)19-13-18(20)16-9-4-3-5-10-16/h3-11,15,18-20H,12-13H2,1-2H3/t15?,18-/m0/s1. The van der Waals surface area contributed by atoms with E-state index in [0.717, 1.165) is 12.0 Å². The molecular formula is C18H23NO. The zero-order valence-electron chi connectivity index (χ0n) is 12.2. The van der Waals surface area contributed by atoms with Crippen molar-refractivity contribution in [2.45, 2.75) is 32.4 Å². The summed E-state index contributed by atoms with van der Waals surface area (Å²) in [4.78, 5) is 0. The van der Waals surface area contributed by atoms with E-state index in [1.807, 2.05) is 30.3 Å². The van der Waals surface area contributed by atoms with Crippen molar-refractivity contribution in [3.8, 4) is 0 Å². The van der Waals surface area contributed by atoms with E-state index in [4.69, 9.17) is 0 Å². The molecule has 2 rings (SSSR count). The van der Waals surface area contributed by atoms with Gasteiger partial charge in [0, 0.05) is 12.6 Å². The third-order valence-corrected chi connectivity index (χ3v) is 3.63. The van der Waals surface area contributed by atoms with Crippen LogP contribution in [0.2, 0.25) is 0 Å². The zero-order valence-corrected chi connectivity index (χ0v) is 12.2. The lowest BCUT2D eigenvalue weighted by Crippen LogP contribution is -2.32. The number of hydrogen-bond acceptors (Lipinski definition) is 2. The molecular weight excluding hydrogens is 246 g/mol. The molecule has 1 unspecified atom stereocenters. The average molecular weight is 269 g/mol. The Kier molecular flexibility index (Phi) is 5.33. The first-order valence-corrected chi connectivity index (χ1v) is 7.17. The minimum atomic E-state index is -0.449. The molecule has 0 saturated heterocycles. The van der Waals surface area contributed by atoms with Crippen LogP contribution < -0.4 is 5.32 Å². The second-order valence-corrected chi connectivity index (χ2v) is 5.37. The van der Waals surface area contributed by atoms with Crippen molar-refractivity contribution in [1.29, 1.82) is 0 Å². The lowest BCUT2D eigenvalue weighted by molar-refractivity contribution is 0.170. The van der Waals surface area contributed by atoms with Gasteiger partial charge < -0.3 is 10.4 Å². The highest BCUT2D eigenvalue weighted by molar-refractivity contribution is 5.26. The van der Waals surface area contributed by atoms with Crippen LogP contribution in [0.5, 0.6) is 0 Å². The summed E-state index contributed by atoms with van der Waals surface area (Å²) >= 11 is 0. The van der Waals surface area contributed by atoms with E-state index >= 15 is 0 Å². The number of benzene rings is 2. The third kappa shape index (κ3) is 4.19. The number of aryl methyl sites for hydroxylation is 1. The number of rotatable bonds is 6. The first-order valence-electron chi connectivity index (χ1n) is 7.17.